The quantitative estimate of drug-likeness (QED) is 0.649. The Morgan fingerprint density at radius 2 is 2.00 bits per heavy atom. The minimum atomic E-state index is -0.625. The van der Waals surface area contributed by atoms with Crippen molar-refractivity contribution in [3.63, 3.8) is 0 Å². The number of rotatable bonds is 6. The monoisotopic (exact) mass is 366 g/mol. The Bertz CT molecular complexity index is 959. The lowest BCUT2D eigenvalue weighted by Gasteiger charge is -2.09. The summed E-state index contributed by atoms with van der Waals surface area (Å²) in [6.07, 6.45) is 6.20. The van der Waals surface area contributed by atoms with Crippen molar-refractivity contribution in [3.8, 4) is 5.75 Å². The molecule has 0 saturated heterocycles. The Labute approximate surface area is 155 Å². The van der Waals surface area contributed by atoms with Crippen molar-refractivity contribution in [3.05, 3.63) is 95.8 Å². The van der Waals surface area contributed by atoms with Gasteiger partial charge in [0.05, 0.1) is 0 Å². The molecule has 0 radical (unpaired) electrons. The second kappa shape index (κ2) is 8.71. The molecule has 136 valence electrons. The summed E-state index contributed by atoms with van der Waals surface area (Å²) < 4.78 is 32.7. The first-order valence-electron chi connectivity index (χ1n) is 8.16. The predicted molar refractivity (Wildman–Crippen MR) is 99.0 cm³/mol. The summed E-state index contributed by atoms with van der Waals surface area (Å²) in [6, 6.07) is 13.6. The zero-order chi connectivity index (χ0) is 19.1. The van der Waals surface area contributed by atoms with E-state index in [4.69, 9.17) is 4.74 Å². The average Bonchev–Trinajstić information content (AvgIpc) is 2.67. The lowest BCUT2D eigenvalue weighted by Crippen LogP contribution is -2.08. The molecule has 1 amide bonds. The smallest absolute Gasteiger partial charge is 0.248 e. The Morgan fingerprint density at radius 3 is 2.74 bits per heavy atom. The zero-order valence-electron chi connectivity index (χ0n) is 14.2. The zero-order valence-corrected chi connectivity index (χ0v) is 14.2. The van der Waals surface area contributed by atoms with E-state index in [1.807, 2.05) is 0 Å². The van der Waals surface area contributed by atoms with Gasteiger partial charge in [0.2, 0.25) is 5.91 Å². The van der Waals surface area contributed by atoms with Gasteiger partial charge in [-0.25, -0.2) is 8.78 Å². The molecule has 1 heterocycles. The van der Waals surface area contributed by atoms with Gasteiger partial charge in [-0.1, -0.05) is 18.2 Å². The molecule has 4 nitrogen and oxygen atoms in total. The lowest BCUT2D eigenvalue weighted by atomic mass is 10.2. The number of carbonyl (C=O) groups is 1. The summed E-state index contributed by atoms with van der Waals surface area (Å²) in [5.41, 5.74) is 1.67. The van der Waals surface area contributed by atoms with Crippen LogP contribution in [0.3, 0.4) is 0 Å². The third-order valence-electron chi connectivity index (χ3n) is 3.59. The fourth-order valence-corrected chi connectivity index (χ4v) is 2.31. The van der Waals surface area contributed by atoms with E-state index in [9.17, 15) is 13.6 Å². The molecule has 2 aromatic carbocycles. The average molecular weight is 366 g/mol. The topological polar surface area (TPSA) is 51.2 Å². The molecule has 0 aliphatic rings. The van der Waals surface area contributed by atoms with E-state index in [1.165, 1.54) is 30.3 Å². The van der Waals surface area contributed by atoms with Gasteiger partial charge in [-0.05, 0) is 47.5 Å². The van der Waals surface area contributed by atoms with Gasteiger partial charge in [-0.15, -0.1) is 0 Å². The first kappa shape index (κ1) is 18.3. The van der Waals surface area contributed by atoms with Crippen LogP contribution in [0.5, 0.6) is 5.75 Å². The Morgan fingerprint density at radius 1 is 1.11 bits per heavy atom. The van der Waals surface area contributed by atoms with Gasteiger partial charge < -0.3 is 10.1 Å². The number of halogens is 2. The standard InChI is InChI=1S/C21H16F2N2O2/c22-17-5-1-3-16(11-17)14-27-20-8-7-18(12-19(20)23)25-21(26)9-6-15-4-2-10-24-13-15/h1-13H,14H2,(H,25,26)/b9-6+. The molecule has 0 aliphatic carbocycles. The summed E-state index contributed by atoms with van der Waals surface area (Å²) in [4.78, 5) is 15.9. The van der Waals surface area contributed by atoms with Crippen LogP contribution in [0.15, 0.2) is 73.1 Å². The van der Waals surface area contributed by atoms with Gasteiger partial charge in [0.25, 0.3) is 0 Å². The lowest BCUT2D eigenvalue weighted by molar-refractivity contribution is -0.111. The molecule has 0 atom stereocenters. The van der Waals surface area contributed by atoms with E-state index >= 15 is 0 Å². The first-order chi connectivity index (χ1) is 13.1. The molecular formula is C21H16F2N2O2. The van der Waals surface area contributed by atoms with Crippen molar-refractivity contribution >= 4 is 17.7 Å². The maximum Gasteiger partial charge on any atom is 0.248 e. The highest BCUT2D eigenvalue weighted by atomic mass is 19.1. The largest absolute Gasteiger partial charge is 0.486 e. The molecule has 3 rings (SSSR count). The highest BCUT2D eigenvalue weighted by Crippen LogP contribution is 2.22. The van der Waals surface area contributed by atoms with Gasteiger partial charge in [0.15, 0.2) is 11.6 Å². The van der Waals surface area contributed by atoms with Crippen LogP contribution in [0, 0.1) is 11.6 Å². The molecule has 0 fully saturated rings. The maximum absolute atomic E-state index is 14.2. The third-order valence-corrected chi connectivity index (χ3v) is 3.59. The highest BCUT2D eigenvalue weighted by Gasteiger charge is 2.07. The van der Waals surface area contributed by atoms with Crippen LogP contribution in [0.4, 0.5) is 14.5 Å². The number of aromatic nitrogens is 1. The molecule has 27 heavy (non-hydrogen) atoms. The number of nitrogens with one attached hydrogen (secondary N) is 1. The number of hydrogen-bond donors (Lipinski definition) is 1. The normalized spacial score (nSPS) is 10.7. The van der Waals surface area contributed by atoms with E-state index in [-0.39, 0.29) is 18.2 Å². The molecule has 3 aromatic rings. The van der Waals surface area contributed by atoms with Gasteiger partial charge >= 0.3 is 0 Å². The molecule has 1 aromatic heterocycles. The number of anilines is 1. The van der Waals surface area contributed by atoms with Crippen molar-refractivity contribution in [2.45, 2.75) is 6.61 Å². The fraction of sp³-hybridized carbons (Fsp3) is 0.0476. The first-order valence-corrected chi connectivity index (χ1v) is 8.16. The molecule has 0 aliphatic heterocycles. The Hall–Kier alpha value is -3.54. The van der Waals surface area contributed by atoms with Gasteiger partial charge in [-0.2, -0.15) is 0 Å². The van der Waals surface area contributed by atoms with Crippen molar-refractivity contribution in [2.75, 3.05) is 5.32 Å². The van der Waals surface area contributed by atoms with Crippen molar-refractivity contribution in [2.24, 2.45) is 0 Å². The van der Waals surface area contributed by atoms with E-state index in [0.717, 1.165) is 11.6 Å². The second-order valence-electron chi connectivity index (χ2n) is 5.67. The molecule has 1 N–H and O–H groups in total. The SMILES string of the molecule is O=C(/C=C/c1cccnc1)Nc1ccc(OCc2cccc(F)c2)c(F)c1. The molecule has 0 bridgehead atoms. The second-order valence-corrected chi connectivity index (χ2v) is 5.67. The molecule has 6 heteroatoms. The Balaban J connectivity index is 1.59. The summed E-state index contributed by atoms with van der Waals surface area (Å²) in [5.74, 6) is -1.38. The minimum Gasteiger partial charge on any atom is -0.486 e. The number of nitrogens with zero attached hydrogens (tertiary/aromatic N) is 1. The number of hydrogen-bond acceptors (Lipinski definition) is 3. The fourth-order valence-electron chi connectivity index (χ4n) is 2.31. The summed E-state index contributed by atoms with van der Waals surface area (Å²) >= 11 is 0. The molecular weight excluding hydrogens is 350 g/mol. The number of pyridine rings is 1. The molecule has 0 spiro atoms. The number of ether oxygens (including phenoxy) is 1. The van der Waals surface area contributed by atoms with E-state index in [2.05, 4.69) is 10.3 Å². The predicted octanol–water partition coefficient (Wildman–Crippen LogP) is 4.59. The van der Waals surface area contributed by atoms with Gasteiger partial charge in [0.1, 0.15) is 12.4 Å². The summed E-state index contributed by atoms with van der Waals surface area (Å²) in [5, 5.41) is 2.57. The van der Waals surface area contributed by atoms with Crippen LogP contribution < -0.4 is 10.1 Å². The van der Waals surface area contributed by atoms with Crippen LogP contribution in [0.2, 0.25) is 0 Å². The minimum absolute atomic E-state index is 0.0168. The third kappa shape index (κ3) is 5.47. The number of benzene rings is 2. The van der Waals surface area contributed by atoms with Gasteiger partial charge in [-0.3, -0.25) is 9.78 Å². The number of carbonyl (C=O) groups excluding carboxylic acids is 1. The summed E-state index contributed by atoms with van der Waals surface area (Å²) in [7, 11) is 0. The van der Waals surface area contributed by atoms with Crippen LogP contribution in [0.1, 0.15) is 11.1 Å². The number of amides is 1. The molecule has 0 unspecified atom stereocenters. The summed E-state index contributed by atoms with van der Waals surface area (Å²) in [6.45, 7) is 0.0359. The van der Waals surface area contributed by atoms with E-state index in [1.54, 1.807) is 42.7 Å². The van der Waals surface area contributed by atoms with Crippen molar-refractivity contribution in [1.29, 1.82) is 0 Å². The van der Waals surface area contributed by atoms with Gasteiger partial charge in [0, 0.05) is 30.2 Å². The highest BCUT2D eigenvalue weighted by molar-refractivity contribution is 6.01. The Kier molecular flexibility index (Phi) is 5.89. The van der Waals surface area contributed by atoms with Crippen LogP contribution in [0.25, 0.3) is 6.08 Å². The van der Waals surface area contributed by atoms with E-state index in [0.29, 0.717) is 11.3 Å². The van der Waals surface area contributed by atoms with Crippen LogP contribution in [-0.4, -0.2) is 10.9 Å². The van der Waals surface area contributed by atoms with Crippen molar-refractivity contribution in [1.82, 2.24) is 4.98 Å². The van der Waals surface area contributed by atoms with Crippen molar-refractivity contribution < 1.29 is 18.3 Å². The van der Waals surface area contributed by atoms with Crippen LogP contribution >= 0.6 is 0 Å². The molecule has 0 saturated carbocycles. The van der Waals surface area contributed by atoms with Crippen LogP contribution in [-0.2, 0) is 11.4 Å². The van der Waals surface area contributed by atoms with E-state index < -0.39 is 11.7 Å². The maximum atomic E-state index is 14.2.